The van der Waals surface area contributed by atoms with Crippen molar-refractivity contribution in [3.8, 4) is 0 Å². The van der Waals surface area contributed by atoms with Crippen LogP contribution in [0.5, 0.6) is 0 Å². The third-order valence-electron chi connectivity index (χ3n) is 4.93. The molecular weight excluding hydrogens is 392 g/mol. The van der Waals surface area contributed by atoms with Crippen LogP contribution in [0.1, 0.15) is 27.4 Å². The fourth-order valence-corrected chi connectivity index (χ4v) is 3.74. The van der Waals surface area contributed by atoms with Crippen LogP contribution >= 0.6 is 11.6 Å². The van der Waals surface area contributed by atoms with Crippen molar-refractivity contribution < 1.29 is 18.8 Å². The van der Waals surface area contributed by atoms with Crippen LogP contribution in [-0.2, 0) is 16.1 Å². The van der Waals surface area contributed by atoms with Gasteiger partial charge in [0.15, 0.2) is 0 Å². The molecule has 1 aromatic heterocycles. The summed E-state index contributed by atoms with van der Waals surface area (Å²) < 4.78 is 5.81. The lowest BCUT2D eigenvalue weighted by Crippen LogP contribution is -2.28. The summed E-state index contributed by atoms with van der Waals surface area (Å²) in [6.07, 6.45) is 1.63. The van der Waals surface area contributed by atoms with E-state index in [-0.39, 0.29) is 12.5 Å². The highest BCUT2D eigenvalue weighted by Gasteiger charge is 2.35. The Morgan fingerprint density at radius 1 is 1.00 bits per heavy atom. The molecule has 0 aliphatic carbocycles. The van der Waals surface area contributed by atoms with Gasteiger partial charge in [-0.15, -0.1) is 0 Å². The number of rotatable bonds is 3. The average Bonchev–Trinajstić information content (AvgIpc) is 3.35. The lowest BCUT2D eigenvalue weighted by Gasteiger charge is -2.14. The molecule has 6 nitrogen and oxygen atoms in total. The molecule has 0 fully saturated rings. The summed E-state index contributed by atoms with van der Waals surface area (Å²) in [5, 5.41) is 3.31. The molecular formula is C22H13ClN2O4. The van der Waals surface area contributed by atoms with Crippen molar-refractivity contribution in [3.63, 3.8) is 0 Å². The zero-order valence-corrected chi connectivity index (χ0v) is 15.7. The molecule has 2 aliphatic heterocycles. The smallest absolute Gasteiger partial charge is 0.299 e. The van der Waals surface area contributed by atoms with Gasteiger partial charge in [-0.2, -0.15) is 0 Å². The predicted octanol–water partition coefficient (Wildman–Crippen LogP) is 4.16. The maximum atomic E-state index is 12.3. The highest BCUT2D eigenvalue weighted by Crippen LogP contribution is 2.35. The molecule has 142 valence electrons. The van der Waals surface area contributed by atoms with Crippen LogP contribution in [0, 0.1) is 0 Å². The Kier molecular flexibility index (Phi) is 3.89. The number of nitrogens with zero attached hydrogens (tertiary/aromatic N) is 1. The Hall–Kier alpha value is -3.64. The van der Waals surface area contributed by atoms with Gasteiger partial charge >= 0.3 is 0 Å². The zero-order chi connectivity index (χ0) is 20.1. The number of para-hydroxylation sites is 1. The summed E-state index contributed by atoms with van der Waals surface area (Å²) in [6, 6.07) is 15.5. The van der Waals surface area contributed by atoms with Gasteiger partial charge in [0.1, 0.15) is 11.5 Å². The quantitative estimate of drug-likeness (QED) is 0.525. The van der Waals surface area contributed by atoms with Crippen LogP contribution in [0.2, 0.25) is 5.02 Å². The van der Waals surface area contributed by atoms with E-state index in [0.29, 0.717) is 44.6 Å². The Labute approximate surface area is 170 Å². The number of Topliss-reactive ketones (excluding diaryl/α,β-unsaturated/α-hetero) is 1. The number of halogens is 1. The molecule has 2 amide bonds. The SMILES string of the molecule is O=C1Nc2ccc(Cl)cc2/C1=C\c1ccc(CN2C(=O)C(=O)c3ccccc32)o1. The Bertz CT molecular complexity index is 1240. The Balaban J connectivity index is 1.44. The molecule has 0 saturated carbocycles. The van der Waals surface area contributed by atoms with E-state index < -0.39 is 11.7 Å². The molecule has 0 radical (unpaired) electrons. The fraction of sp³-hybridized carbons (Fsp3) is 0.0455. The van der Waals surface area contributed by atoms with Gasteiger partial charge in [0.05, 0.1) is 23.4 Å². The first-order chi connectivity index (χ1) is 14.0. The number of amides is 2. The summed E-state index contributed by atoms with van der Waals surface area (Å²) in [5.41, 5.74) is 2.80. The van der Waals surface area contributed by atoms with E-state index in [4.69, 9.17) is 16.0 Å². The van der Waals surface area contributed by atoms with Gasteiger partial charge in [0.2, 0.25) is 0 Å². The van der Waals surface area contributed by atoms with Crippen molar-refractivity contribution in [2.75, 3.05) is 10.2 Å². The minimum absolute atomic E-state index is 0.124. The van der Waals surface area contributed by atoms with Crippen molar-refractivity contribution in [1.82, 2.24) is 0 Å². The second-order valence-corrected chi connectivity index (χ2v) is 7.18. The number of hydrogen-bond acceptors (Lipinski definition) is 4. The van der Waals surface area contributed by atoms with Crippen molar-refractivity contribution in [3.05, 3.63) is 82.3 Å². The maximum Gasteiger partial charge on any atom is 0.299 e. The number of ketones is 1. The first kappa shape index (κ1) is 17.5. The lowest BCUT2D eigenvalue weighted by atomic mass is 10.1. The minimum Gasteiger partial charge on any atom is -0.460 e. The van der Waals surface area contributed by atoms with Gasteiger partial charge in [-0.25, -0.2) is 0 Å². The molecule has 0 saturated heterocycles. The van der Waals surface area contributed by atoms with Crippen molar-refractivity contribution in [2.45, 2.75) is 6.54 Å². The maximum absolute atomic E-state index is 12.3. The van der Waals surface area contributed by atoms with Crippen LogP contribution < -0.4 is 10.2 Å². The molecule has 2 aromatic carbocycles. The molecule has 7 heteroatoms. The lowest BCUT2D eigenvalue weighted by molar-refractivity contribution is -0.114. The van der Waals surface area contributed by atoms with Gasteiger partial charge in [-0.3, -0.25) is 19.3 Å². The van der Waals surface area contributed by atoms with Crippen LogP contribution in [0.25, 0.3) is 11.6 Å². The molecule has 0 unspecified atom stereocenters. The summed E-state index contributed by atoms with van der Waals surface area (Å²) in [5.74, 6) is -0.384. The van der Waals surface area contributed by atoms with E-state index in [1.807, 2.05) is 0 Å². The van der Waals surface area contributed by atoms with Crippen LogP contribution in [-0.4, -0.2) is 17.6 Å². The predicted molar refractivity (Wildman–Crippen MR) is 109 cm³/mol. The summed E-state index contributed by atoms with van der Waals surface area (Å²) in [7, 11) is 0. The third-order valence-corrected chi connectivity index (χ3v) is 5.16. The average molecular weight is 405 g/mol. The van der Waals surface area contributed by atoms with Gasteiger partial charge in [-0.05, 0) is 48.5 Å². The number of benzene rings is 2. The third kappa shape index (κ3) is 2.85. The number of hydrogen-bond donors (Lipinski definition) is 1. The van der Waals surface area contributed by atoms with E-state index in [2.05, 4.69) is 5.32 Å². The molecule has 0 atom stereocenters. The number of carbonyl (C=O) groups excluding carboxylic acids is 3. The molecule has 3 aromatic rings. The number of anilines is 2. The number of furan rings is 1. The molecule has 3 heterocycles. The van der Waals surface area contributed by atoms with Crippen LogP contribution in [0.3, 0.4) is 0 Å². The molecule has 0 bridgehead atoms. The minimum atomic E-state index is -0.582. The number of nitrogens with one attached hydrogen (secondary N) is 1. The van der Waals surface area contributed by atoms with Gasteiger partial charge in [0.25, 0.3) is 17.6 Å². The number of fused-ring (bicyclic) bond motifs is 2. The normalized spacial score (nSPS) is 16.4. The largest absolute Gasteiger partial charge is 0.460 e. The topological polar surface area (TPSA) is 79.6 Å². The number of carbonyl (C=O) groups is 3. The second kappa shape index (κ2) is 6.46. The molecule has 1 N–H and O–H groups in total. The van der Waals surface area contributed by atoms with Crippen molar-refractivity contribution in [1.29, 1.82) is 0 Å². The van der Waals surface area contributed by atoms with Crippen LogP contribution in [0.15, 0.2) is 59.0 Å². The van der Waals surface area contributed by atoms with Crippen molar-refractivity contribution >= 4 is 52.2 Å². The molecule has 0 spiro atoms. The van der Waals surface area contributed by atoms with Gasteiger partial charge in [0, 0.05) is 16.3 Å². The first-order valence-corrected chi connectivity index (χ1v) is 9.26. The van der Waals surface area contributed by atoms with Gasteiger partial charge < -0.3 is 9.73 Å². The van der Waals surface area contributed by atoms with Crippen molar-refractivity contribution in [2.24, 2.45) is 0 Å². The summed E-state index contributed by atoms with van der Waals surface area (Å²) >= 11 is 6.05. The van der Waals surface area contributed by atoms with E-state index in [1.54, 1.807) is 60.7 Å². The highest BCUT2D eigenvalue weighted by molar-refractivity contribution is 6.52. The van der Waals surface area contributed by atoms with Crippen LogP contribution in [0.4, 0.5) is 11.4 Å². The summed E-state index contributed by atoms with van der Waals surface area (Å²) in [4.78, 5) is 38.1. The van der Waals surface area contributed by atoms with E-state index in [0.717, 1.165) is 0 Å². The highest BCUT2D eigenvalue weighted by atomic mass is 35.5. The van der Waals surface area contributed by atoms with E-state index in [9.17, 15) is 14.4 Å². The standard InChI is InChI=1S/C22H13ClN2O4/c23-12-5-8-18-16(9-12)17(21(27)24-18)10-13-6-7-14(29-13)11-25-19-4-2-1-3-15(19)20(26)22(25)28/h1-10H,11H2,(H,24,27)/b17-10+. The zero-order valence-electron chi connectivity index (χ0n) is 14.9. The van der Waals surface area contributed by atoms with Gasteiger partial charge in [-0.1, -0.05) is 23.7 Å². The van der Waals surface area contributed by atoms with E-state index in [1.165, 1.54) is 4.90 Å². The molecule has 2 aliphatic rings. The first-order valence-electron chi connectivity index (χ1n) is 8.88. The summed E-state index contributed by atoms with van der Waals surface area (Å²) in [6.45, 7) is 0.124. The second-order valence-electron chi connectivity index (χ2n) is 6.74. The fourth-order valence-electron chi connectivity index (χ4n) is 3.56. The Morgan fingerprint density at radius 2 is 1.83 bits per heavy atom. The molecule has 29 heavy (non-hydrogen) atoms. The monoisotopic (exact) mass is 404 g/mol. The van der Waals surface area contributed by atoms with E-state index >= 15 is 0 Å². The molecule has 5 rings (SSSR count). The Morgan fingerprint density at radius 3 is 2.69 bits per heavy atom.